The van der Waals surface area contributed by atoms with Crippen molar-refractivity contribution in [1.29, 1.82) is 0 Å². The molecule has 0 saturated carbocycles. The summed E-state index contributed by atoms with van der Waals surface area (Å²) in [5.74, 6) is 0.876. The second kappa shape index (κ2) is 11.3. The van der Waals surface area contributed by atoms with Gasteiger partial charge in [-0.2, -0.15) is 0 Å². The second-order valence-electron chi connectivity index (χ2n) is 12.1. The van der Waals surface area contributed by atoms with Crippen molar-refractivity contribution < 1.29 is 4.74 Å². The van der Waals surface area contributed by atoms with Crippen LogP contribution in [0.3, 0.4) is 0 Å². The molecular formula is C43H31N3O. The highest BCUT2D eigenvalue weighted by molar-refractivity contribution is 6.16. The number of aliphatic imine (C=N–C) groups is 1. The number of anilines is 1. The van der Waals surface area contributed by atoms with Gasteiger partial charge in [0.15, 0.2) is 6.23 Å². The lowest BCUT2D eigenvalue weighted by Gasteiger charge is -2.25. The lowest BCUT2D eigenvalue weighted by Crippen LogP contribution is -2.24. The normalized spacial score (nSPS) is 16.9. The smallest absolute Gasteiger partial charge is 0.196 e. The van der Waals surface area contributed by atoms with Gasteiger partial charge in [0.25, 0.3) is 0 Å². The first-order valence-electron chi connectivity index (χ1n) is 16.0. The van der Waals surface area contributed by atoms with Crippen molar-refractivity contribution in [3.63, 3.8) is 0 Å². The van der Waals surface area contributed by atoms with E-state index in [1.54, 1.807) is 0 Å². The van der Waals surface area contributed by atoms with Crippen LogP contribution in [0, 0.1) is 0 Å². The Kier molecular flexibility index (Phi) is 6.57. The lowest BCUT2D eigenvalue weighted by molar-refractivity contribution is 0.260. The Hall–Kier alpha value is -6.13. The molecule has 224 valence electrons. The highest BCUT2D eigenvalue weighted by Gasteiger charge is 2.26. The monoisotopic (exact) mass is 605 g/mol. The number of hydrogen-bond acceptors (Lipinski definition) is 4. The predicted molar refractivity (Wildman–Crippen MR) is 194 cm³/mol. The second-order valence-corrected chi connectivity index (χ2v) is 12.1. The van der Waals surface area contributed by atoms with E-state index < -0.39 is 0 Å². The van der Waals surface area contributed by atoms with E-state index in [-0.39, 0.29) is 12.4 Å². The molecule has 7 aromatic carbocycles. The van der Waals surface area contributed by atoms with Crippen LogP contribution in [0.25, 0.3) is 38.4 Å². The molecule has 2 heterocycles. The van der Waals surface area contributed by atoms with Crippen molar-refractivity contribution in [2.75, 3.05) is 5.32 Å². The van der Waals surface area contributed by atoms with Gasteiger partial charge in [-0.05, 0) is 62.7 Å². The highest BCUT2D eigenvalue weighted by Crippen LogP contribution is 2.45. The third kappa shape index (κ3) is 5.01. The van der Waals surface area contributed by atoms with Crippen molar-refractivity contribution in [3.8, 4) is 16.9 Å². The summed E-state index contributed by atoms with van der Waals surface area (Å²) >= 11 is 0. The number of nitrogens with zero attached hydrogens (tertiary/aromatic N) is 1. The molecule has 0 spiro atoms. The van der Waals surface area contributed by atoms with Gasteiger partial charge in [-0.25, -0.2) is 0 Å². The first kappa shape index (κ1) is 27.2. The van der Waals surface area contributed by atoms with Gasteiger partial charge in [-0.3, -0.25) is 4.99 Å². The van der Waals surface area contributed by atoms with Gasteiger partial charge >= 0.3 is 0 Å². The predicted octanol–water partition coefficient (Wildman–Crippen LogP) is 10.3. The van der Waals surface area contributed by atoms with Crippen LogP contribution < -0.4 is 15.4 Å². The average molecular weight is 606 g/mol. The van der Waals surface area contributed by atoms with Gasteiger partial charge in [0, 0.05) is 22.2 Å². The maximum atomic E-state index is 6.37. The Morgan fingerprint density at radius 3 is 2.00 bits per heavy atom. The van der Waals surface area contributed by atoms with Crippen LogP contribution in [0.4, 0.5) is 5.69 Å². The summed E-state index contributed by atoms with van der Waals surface area (Å²) in [6.45, 7) is 0. The largest absolute Gasteiger partial charge is 0.464 e. The fraction of sp³-hybridized carbons (Fsp3) is 0.0465. The molecule has 2 atom stereocenters. The molecule has 7 aromatic rings. The molecule has 2 unspecified atom stereocenters. The topological polar surface area (TPSA) is 45.6 Å². The molecule has 4 heteroatoms. The number of ether oxygens (including phenoxy) is 1. The molecule has 0 amide bonds. The average Bonchev–Trinajstić information content (AvgIpc) is 3.60. The molecule has 0 radical (unpaired) electrons. The molecule has 0 bridgehead atoms. The van der Waals surface area contributed by atoms with Crippen LogP contribution in [0.2, 0.25) is 0 Å². The molecule has 4 nitrogen and oxygen atoms in total. The fourth-order valence-corrected chi connectivity index (χ4v) is 6.76. The number of rotatable bonds is 5. The van der Waals surface area contributed by atoms with Gasteiger partial charge in [0.2, 0.25) is 0 Å². The SMILES string of the molecule is C1=C(c2ccccc2)NC(c2ccc3c(ccc4ccc5c(c43)NC(c3ccccc3)O5)c2)N=C1c1cccc(-c2ccccc2)c1. The van der Waals surface area contributed by atoms with Crippen LogP contribution in [0.5, 0.6) is 5.75 Å². The standard InChI is InChI=1S/C43H31N3O/c1-4-11-28(12-5-1)32-17-10-18-34(25-32)38-27-37(29-13-6-2-7-14-29)44-42(45-38)35-21-23-36-33(26-35)20-19-30-22-24-39-41(40(30)36)46-43(47-39)31-15-8-3-9-16-31/h1-27,42-44,46H. The maximum Gasteiger partial charge on any atom is 0.196 e. The van der Waals surface area contributed by atoms with Crippen molar-refractivity contribution >= 4 is 38.6 Å². The third-order valence-electron chi connectivity index (χ3n) is 9.12. The quantitative estimate of drug-likeness (QED) is 0.192. The molecule has 2 aliphatic rings. The number of benzene rings is 7. The highest BCUT2D eigenvalue weighted by atomic mass is 16.5. The zero-order valence-electron chi connectivity index (χ0n) is 25.6. The maximum absolute atomic E-state index is 6.37. The summed E-state index contributed by atoms with van der Waals surface area (Å²) in [6.07, 6.45) is 1.70. The molecule has 0 saturated heterocycles. The zero-order chi connectivity index (χ0) is 31.2. The molecule has 0 aromatic heterocycles. The minimum Gasteiger partial charge on any atom is -0.464 e. The molecule has 0 fully saturated rings. The van der Waals surface area contributed by atoms with Gasteiger partial charge < -0.3 is 15.4 Å². The van der Waals surface area contributed by atoms with Crippen LogP contribution in [-0.4, -0.2) is 5.71 Å². The summed E-state index contributed by atoms with van der Waals surface area (Å²) < 4.78 is 6.37. The zero-order valence-corrected chi connectivity index (χ0v) is 25.6. The summed E-state index contributed by atoms with van der Waals surface area (Å²) in [5, 5.41) is 12.1. The van der Waals surface area contributed by atoms with Crippen molar-refractivity contribution in [3.05, 3.63) is 186 Å². The van der Waals surface area contributed by atoms with Gasteiger partial charge in [-0.1, -0.05) is 140 Å². The number of allylic oxidation sites excluding steroid dienone is 1. The minimum absolute atomic E-state index is 0.214. The fourth-order valence-electron chi connectivity index (χ4n) is 6.76. The molecule has 2 aliphatic heterocycles. The van der Waals surface area contributed by atoms with Crippen LogP contribution in [0.1, 0.15) is 34.6 Å². The van der Waals surface area contributed by atoms with Crippen LogP contribution in [0.15, 0.2) is 169 Å². The van der Waals surface area contributed by atoms with E-state index in [2.05, 4.69) is 156 Å². The number of hydrogen-bond donors (Lipinski definition) is 2. The van der Waals surface area contributed by atoms with Gasteiger partial charge in [0.1, 0.15) is 11.9 Å². The first-order valence-corrected chi connectivity index (χ1v) is 16.0. The van der Waals surface area contributed by atoms with Crippen molar-refractivity contribution in [1.82, 2.24) is 5.32 Å². The molecule has 2 N–H and O–H groups in total. The van der Waals surface area contributed by atoms with Crippen molar-refractivity contribution in [2.24, 2.45) is 4.99 Å². The molecule has 47 heavy (non-hydrogen) atoms. The summed E-state index contributed by atoms with van der Waals surface area (Å²) in [4.78, 5) is 5.30. The van der Waals surface area contributed by atoms with Crippen LogP contribution in [-0.2, 0) is 0 Å². The summed E-state index contributed by atoms with van der Waals surface area (Å²) in [5.41, 5.74) is 9.84. The van der Waals surface area contributed by atoms with E-state index in [0.717, 1.165) is 50.5 Å². The molecule has 0 aliphatic carbocycles. The van der Waals surface area contributed by atoms with E-state index in [0.29, 0.717) is 0 Å². The Morgan fingerprint density at radius 1 is 0.511 bits per heavy atom. The summed E-state index contributed by atoms with van der Waals surface area (Å²) in [6, 6.07) is 55.3. The van der Waals surface area contributed by atoms with E-state index in [4.69, 9.17) is 9.73 Å². The molecule has 9 rings (SSSR count). The first-order chi connectivity index (χ1) is 23.3. The Labute approximate surface area is 273 Å². The van der Waals surface area contributed by atoms with E-state index in [9.17, 15) is 0 Å². The Bertz CT molecular complexity index is 2330. The lowest BCUT2D eigenvalue weighted by atomic mass is 9.96. The number of nitrogens with one attached hydrogen (secondary N) is 2. The van der Waals surface area contributed by atoms with Crippen LogP contribution >= 0.6 is 0 Å². The Balaban J connectivity index is 1.12. The van der Waals surface area contributed by atoms with Gasteiger partial charge in [0.05, 0.1) is 11.4 Å². The van der Waals surface area contributed by atoms with E-state index in [1.807, 2.05) is 18.2 Å². The number of fused-ring (bicyclic) bond motifs is 5. The van der Waals surface area contributed by atoms with Crippen molar-refractivity contribution in [2.45, 2.75) is 12.4 Å². The summed E-state index contributed by atoms with van der Waals surface area (Å²) in [7, 11) is 0. The molecular weight excluding hydrogens is 574 g/mol. The van der Waals surface area contributed by atoms with E-state index in [1.165, 1.54) is 27.3 Å². The van der Waals surface area contributed by atoms with Gasteiger partial charge in [-0.15, -0.1) is 0 Å². The minimum atomic E-state index is -0.254. The third-order valence-corrected chi connectivity index (χ3v) is 9.12. The van der Waals surface area contributed by atoms with E-state index >= 15 is 0 Å². The Morgan fingerprint density at radius 2 is 1.19 bits per heavy atom.